The SMILES string of the molecule is CCc1nc(SCC(=O)N2CCC[C@H](c3nc4ccccc4o3)C2)n[nH]1. The van der Waals surface area contributed by atoms with Crippen molar-refractivity contribution in [1.29, 1.82) is 0 Å². The molecule has 4 rings (SSSR count). The van der Waals surface area contributed by atoms with Crippen molar-refractivity contribution in [1.82, 2.24) is 25.1 Å². The lowest BCUT2D eigenvalue weighted by Crippen LogP contribution is -2.40. The van der Waals surface area contributed by atoms with Gasteiger partial charge in [0, 0.05) is 19.5 Å². The van der Waals surface area contributed by atoms with E-state index in [-0.39, 0.29) is 11.8 Å². The number of amides is 1. The van der Waals surface area contributed by atoms with E-state index >= 15 is 0 Å². The summed E-state index contributed by atoms with van der Waals surface area (Å²) in [5.74, 6) is 2.19. The van der Waals surface area contributed by atoms with E-state index in [0.717, 1.165) is 48.6 Å². The maximum Gasteiger partial charge on any atom is 0.233 e. The Kier molecular flexibility index (Phi) is 4.92. The molecule has 3 heterocycles. The largest absolute Gasteiger partial charge is 0.440 e. The zero-order chi connectivity index (χ0) is 17.9. The first-order valence-electron chi connectivity index (χ1n) is 8.90. The van der Waals surface area contributed by atoms with Crippen LogP contribution in [-0.4, -0.2) is 49.8 Å². The maximum absolute atomic E-state index is 12.6. The summed E-state index contributed by atoms with van der Waals surface area (Å²) in [6.07, 6.45) is 2.75. The van der Waals surface area contributed by atoms with Gasteiger partial charge < -0.3 is 9.32 Å². The number of fused-ring (bicyclic) bond motifs is 1. The summed E-state index contributed by atoms with van der Waals surface area (Å²) in [6.45, 7) is 3.45. The van der Waals surface area contributed by atoms with Crippen molar-refractivity contribution in [3.8, 4) is 0 Å². The standard InChI is InChI=1S/C18H21N5O2S/c1-2-15-20-18(22-21-15)26-11-16(24)23-9-5-6-12(10-23)17-19-13-7-3-4-8-14(13)25-17/h3-4,7-8,12H,2,5-6,9-11H2,1H3,(H,20,21,22)/t12-/m0/s1. The highest BCUT2D eigenvalue weighted by Crippen LogP contribution is 2.29. The minimum absolute atomic E-state index is 0.110. The molecule has 0 unspecified atom stereocenters. The number of aromatic nitrogens is 4. The van der Waals surface area contributed by atoms with Crippen LogP contribution in [0.4, 0.5) is 0 Å². The van der Waals surface area contributed by atoms with Crippen LogP contribution < -0.4 is 0 Å². The van der Waals surface area contributed by atoms with Gasteiger partial charge in [-0.05, 0) is 25.0 Å². The van der Waals surface area contributed by atoms with Gasteiger partial charge in [0.1, 0.15) is 11.3 Å². The highest BCUT2D eigenvalue weighted by Gasteiger charge is 2.28. The Labute approximate surface area is 155 Å². The molecule has 1 saturated heterocycles. The number of carbonyl (C=O) groups excluding carboxylic acids is 1. The predicted octanol–water partition coefficient (Wildman–Crippen LogP) is 3.01. The van der Waals surface area contributed by atoms with Crippen LogP contribution in [0.25, 0.3) is 11.1 Å². The normalized spacial score (nSPS) is 17.7. The lowest BCUT2D eigenvalue weighted by atomic mass is 9.98. The summed E-state index contributed by atoms with van der Waals surface area (Å²) in [6, 6.07) is 7.77. The summed E-state index contributed by atoms with van der Waals surface area (Å²) in [5.41, 5.74) is 1.68. The van der Waals surface area contributed by atoms with E-state index in [1.807, 2.05) is 36.1 Å². The van der Waals surface area contributed by atoms with Crippen LogP contribution in [0.1, 0.15) is 37.4 Å². The third-order valence-corrected chi connectivity index (χ3v) is 5.44. The summed E-state index contributed by atoms with van der Waals surface area (Å²) in [7, 11) is 0. The first-order chi connectivity index (χ1) is 12.7. The minimum Gasteiger partial charge on any atom is -0.440 e. The fraction of sp³-hybridized carbons (Fsp3) is 0.444. The number of H-pyrrole nitrogens is 1. The molecule has 26 heavy (non-hydrogen) atoms. The van der Waals surface area contributed by atoms with Crippen molar-refractivity contribution in [2.45, 2.75) is 37.3 Å². The third kappa shape index (κ3) is 3.60. The molecule has 1 N–H and O–H groups in total. The summed E-state index contributed by atoms with van der Waals surface area (Å²) in [4.78, 5) is 23.4. The molecule has 1 fully saturated rings. The van der Waals surface area contributed by atoms with Crippen LogP contribution in [0.15, 0.2) is 33.8 Å². The lowest BCUT2D eigenvalue weighted by Gasteiger charge is -2.31. The van der Waals surface area contributed by atoms with E-state index in [2.05, 4.69) is 20.2 Å². The van der Waals surface area contributed by atoms with Gasteiger partial charge >= 0.3 is 0 Å². The number of likely N-dealkylation sites (tertiary alicyclic amines) is 1. The number of benzene rings is 1. The monoisotopic (exact) mass is 371 g/mol. The second-order valence-corrected chi connectivity index (χ2v) is 7.35. The summed E-state index contributed by atoms with van der Waals surface area (Å²) >= 11 is 1.38. The molecule has 1 atom stereocenters. The number of nitrogens with zero attached hydrogens (tertiary/aromatic N) is 4. The van der Waals surface area contributed by atoms with Crippen LogP contribution in [0, 0.1) is 0 Å². The average molecular weight is 371 g/mol. The molecule has 1 aliphatic rings. The van der Waals surface area contributed by atoms with Gasteiger partial charge in [-0.3, -0.25) is 9.89 Å². The number of thioether (sulfide) groups is 1. The van der Waals surface area contributed by atoms with Crippen molar-refractivity contribution in [2.75, 3.05) is 18.8 Å². The highest BCUT2D eigenvalue weighted by molar-refractivity contribution is 7.99. The van der Waals surface area contributed by atoms with Crippen molar-refractivity contribution >= 4 is 28.8 Å². The zero-order valence-corrected chi connectivity index (χ0v) is 15.5. The van der Waals surface area contributed by atoms with Gasteiger partial charge in [-0.15, -0.1) is 5.10 Å². The number of hydrogen-bond acceptors (Lipinski definition) is 6. The molecule has 136 valence electrons. The lowest BCUT2D eigenvalue weighted by molar-refractivity contribution is -0.129. The topological polar surface area (TPSA) is 87.9 Å². The first-order valence-corrected chi connectivity index (χ1v) is 9.89. The number of aromatic amines is 1. The molecule has 3 aromatic rings. The van der Waals surface area contributed by atoms with Gasteiger partial charge in [-0.1, -0.05) is 30.8 Å². The second-order valence-electron chi connectivity index (χ2n) is 6.41. The Bertz CT molecular complexity index is 873. The molecule has 0 saturated carbocycles. The molecular formula is C18H21N5O2S. The van der Waals surface area contributed by atoms with Gasteiger partial charge in [0.25, 0.3) is 0 Å². The number of hydrogen-bond donors (Lipinski definition) is 1. The van der Waals surface area contributed by atoms with Gasteiger partial charge in [0.2, 0.25) is 11.1 Å². The molecule has 1 aliphatic heterocycles. The zero-order valence-electron chi connectivity index (χ0n) is 14.6. The van der Waals surface area contributed by atoms with Gasteiger partial charge in [0.15, 0.2) is 11.5 Å². The minimum atomic E-state index is 0.110. The second kappa shape index (κ2) is 7.49. The van der Waals surface area contributed by atoms with E-state index in [1.165, 1.54) is 11.8 Å². The molecule has 0 bridgehead atoms. The van der Waals surface area contributed by atoms with E-state index in [1.54, 1.807) is 0 Å². The fourth-order valence-electron chi connectivity index (χ4n) is 3.19. The maximum atomic E-state index is 12.6. The quantitative estimate of drug-likeness (QED) is 0.694. The van der Waals surface area contributed by atoms with Crippen molar-refractivity contribution in [3.05, 3.63) is 36.0 Å². The van der Waals surface area contributed by atoms with E-state index < -0.39 is 0 Å². The number of carbonyl (C=O) groups is 1. The number of piperidine rings is 1. The number of oxazole rings is 1. The summed E-state index contributed by atoms with van der Waals surface area (Å²) < 4.78 is 5.90. The summed E-state index contributed by atoms with van der Waals surface area (Å²) in [5, 5.41) is 7.62. The average Bonchev–Trinajstić information content (AvgIpc) is 3.32. The van der Waals surface area contributed by atoms with E-state index in [0.29, 0.717) is 17.5 Å². The molecule has 1 aromatic carbocycles. The third-order valence-electron chi connectivity index (χ3n) is 4.60. The fourth-order valence-corrected chi connectivity index (χ4v) is 3.91. The number of para-hydroxylation sites is 2. The van der Waals surface area contributed by atoms with Gasteiger partial charge in [-0.2, -0.15) is 0 Å². The first kappa shape index (κ1) is 17.1. The van der Waals surface area contributed by atoms with Crippen LogP contribution in [0.2, 0.25) is 0 Å². The van der Waals surface area contributed by atoms with Crippen molar-refractivity contribution < 1.29 is 9.21 Å². The van der Waals surface area contributed by atoms with Crippen LogP contribution >= 0.6 is 11.8 Å². The Hall–Kier alpha value is -2.35. The van der Waals surface area contributed by atoms with Crippen LogP contribution in [0.5, 0.6) is 0 Å². The van der Waals surface area contributed by atoms with Gasteiger partial charge in [0.05, 0.1) is 11.7 Å². The van der Waals surface area contributed by atoms with E-state index in [4.69, 9.17) is 4.42 Å². The number of aryl methyl sites for hydroxylation is 1. The number of rotatable bonds is 5. The molecular weight excluding hydrogens is 350 g/mol. The van der Waals surface area contributed by atoms with Gasteiger partial charge in [-0.25, -0.2) is 9.97 Å². The Balaban J connectivity index is 1.38. The van der Waals surface area contributed by atoms with E-state index in [9.17, 15) is 4.79 Å². The van der Waals surface area contributed by atoms with Crippen molar-refractivity contribution in [2.24, 2.45) is 0 Å². The molecule has 1 amide bonds. The Morgan fingerprint density at radius 3 is 3.08 bits per heavy atom. The van der Waals surface area contributed by atoms with Crippen LogP contribution in [-0.2, 0) is 11.2 Å². The Morgan fingerprint density at radius 2 is 2.27 bits per heavy atom. The smallest absolute Gasteiger partial charge is 0.233 e. The molecule has 0 aliphatic carbocycles. The molecule has 8 heteroatoms. The predicted molar refractivity (Wildman–Crippen MR) is 99.0 cm³/mol. The molecule has 0 spiro atoms. The van der Waals surface area contributed by atoms with Crippen molar-refractivity contribution in [3.63, 3.8) is 0 Å². The highest BCUT2D eigenvalue weighted by atomic mass is 32.2. The number of nitrogens with one attached hydrogen (secondary N) is 1. The van der Waals surface area contributed by atoms with Crippen LogP contribution in [0.3, 0.4) is 0 Å². The molecule has 7 nitrogen and oxygen atoms in total. The molecule has 2 aromatic heterocycles. The molecule has 0 radical (unpaired) electrons. The Morgan fingerprint density at radius 1 is 1.38 bits per heavy atom.